The zero-order valence-corrected chi connectivity index (χ0v) is 13.1. The summed E-state index contributed by atoms with van der Waals surface area (Å²) in [7, 11) is 2.00. The Labute approximate surface area is 125 Å². The highest BCUT2D eigenvalue weighted by Crippen LogP contribution is 2.34. The van der Waals surface area contributed by atoms with Gasteiger partial charge in [0, 0.05) is 43.0 Å². The molecule has 112 valence electrons. The number of aromatic nitrogens is 4. The van der Waals surface area contributed by atoms with Gasteiger partial charge in [-0.05, 0) is 26.7 Å². The molecule has 1 fully saturated rings. The van der Waals surface area contributed by atoms with E-state index in [1.807, 2.05) is 31.6 Å². The minimum absolute atomic E-state index is 0.636. The van der Waals surface area contributed by atoms with Crippen molar-refractivity contribution in [2.24, 2.45) is 7.05 Å². The normalized spacial score (nSPS) is 15.6. The molecule has 1 aliphatic carbocycles. The molecule has 5 nitrogen and oxygen atoms in total. The number of nitrogens with one attached hydrogen (secondary N) is 1. The Morgan fingerprint density at radius 3 is 2.71 bits per heavy atom. The summed E-state index contributed by atoms with van der Waals surface area (Å²) in [5.41, 5.74) is 3.55. The van der Waals surface area contributed by atoms with E-state index in [-0.39, 0.29) is 0 Å². The van der Waals surface area contributed by atoms with Gasteiger partial charge in [0.1, 0.15) is 11.6 Å². The van der Waals surface area contributed by atoms with Gasteiger partial charge in [0.15, 0.2) is 0 Å². The molecule has 21 heavy (non-hydrogen) atoms. The van der Waals surface area contributed by atoms with Gasteiger partial charge in [0.05, 0.1) is 5.69 Å². The number of nitrogens with zero attached hydrogens (tertiary/aromatic N) is 4. The lowest BCUT2D eigenvalue weighted by Gasteiger charge is -2.10. The summed E-state index contributed by atoms with van der Waals surface area (Å²) in [5, 5.41) is 8.10. The largest absolute Gasteiger partial charge is 0.366 e. The van der Waals surface area contributed by atoms with Crippen LogP contribution >= 0.6 is 0 Å². The summed E-state index contributed by atoms with van der Waals surface area (Å²) >= 11 is 0. The van der Waals surface area contributed by atoms with Gasteiger partial charge in [-0.25, -0.2) is 9.97 Å². The molecule has 0 amide bonds. The lowest BCUT2D eigenvalue weighted by molar-refractivity contribution is 0.654. The topological polar surface area (TPSA) is 55.6 Å². The number of aryl methyl sites for hydroxylation is 3. The molecule has 1 aliphatic rings. The molecule has 2 heterocycles. The van der Waals surface area contributed by atoms with Crippen LogP contribution in [0.2, 0.25) is 0 Å². The van der Waals surface area contributed by atoms with Crippen molar-refractivity contribution < 1.29 is 0 Å². The maximum absolute atomic E-state index is 4.68. The first-order valence-electron chi connectivity index (χ1n) is 7.70. The predicted octanol–water partition coefficient (Wildman–Crippen LogP) is 3.10. The highest BCUT2D eigenvalue weighted by atomic mass is 15.3. The van der Waals surface area contributed by atoms with E-state index in [4.69, 9.17) is 0 Å². The molecule has 3 rings (SSSR count). The van der Waals surface area contributed by atoms with E-state index >= 15 is 0 Å². The maximum Gasteiger partial charge on any atom is 0.130 e. The van der Waals surface area contributed by atoms with Crippen molar-refractivity contribution >= 4 is 5.82 Å². The van der Waals surface area contributed by atoms with Crippen molar-refractivity contribution in [2.75, 3.05) is 5.32 Å². The van der Waals surface area contributed by atoms with Crippen LogP contribution in [0, 0.1) is 13.8 Å². The van der Waals surface area contributed by atoms with Crippen LogP contribution in [0.15, 0.2) is 12.3 Å². The SMILES string of the molecule is Cc1cc(NCc2cn(C)nc2C2CCCC2)nc(C)n1. The minimum Gasteiger partial charge on any atom is -0.366 e. The fourth-order valence-electron chi connectivity index (χ4n) is 3.23. The van der Waals surface area contributed by atoms with E-state index in [1.165, 1.54) is 36.9 Å². The first-order valence-corrected chi connectivity index (χ1v) is 7.70. The van der Waals surface area contributed by atoms with E-state index in [0.29, 0.717) is 5.92 Å². The van der Waals surface area contributed by atoms with E-state index in [0.717, 1.165) is 23.9 Å². The Kier molecular flexibility index (Phi) is 3.90. The van der Waals surface area contributed by atoms with Crippen LogP contribution in [0.25, 0.3) is 0 Å². The molecule has 0 aliphatic heterocycles. The van der Waals surface area contributed by atoms with Gasteiger partial charge in [-0.2, -0.15) is 5.10 Å². The first kappa shape index (κ1) is 14.0. The molecule has 2 aromatic heterocycles. The number of hydrogen-bond acceptors (Lipinski definition) is 4. The lowest BCUT2D eigenvalue weighted by Crippen LogP contribution is -2.06. The Morgan fingerprint density at radius 2 is 2.00 bits per heavy atom. The monoisotopic (exact) mass is 285 g/mol. The van der Waals surface area contributed by atoms with Gasteiger partial charge >= 0.3 is 0 Å². The fraction of sp³-hybridized carbons (Fsp3) is 0.562. The first-order chi connectivity index (χ1) is 10.1. The van der Waals surface area contributed by atoms with Crippen LogP contribution in [0.5, 0.6) is 0 Å². The highest BCUT2D eigenvalue weighted by molar-refractivity contribution is 5.37. The fourth-order valence-corrected chi connectivity index (χ4v) is 3.23. The summed E-state index contributed by atoms with van der Waals surface area (Å²) in [6.45, 7) is 4.69. The molecule has 0 spiro atoms. The second kappa shape index (κ2) is 5.84. The molecule has 0 unspecified atom stereocenters. The van der Waals surface area contributed by atoms with Crippen molar-refractivity contribution in [3.8, 4) is 0 Å². The van der Waals surface area contributed by atoms with Gasteiger partial charge in [-0.15, -0.1) is 0 Å². The van der Waals surface area contributed by atoms with Crippen molar-refractivity contribution in [3.63, 3.8) is 0 Å². The van der Waals surface area contributed by atoms with Crippen LogP contribution in [0.3, 0.4) is 0 Å². The molecule has 0 aromatic carbocycles. The van der Waals surface area contributed by atoms with Crippen LogP contribution < -0.4 is 5.32 Å². The van der Waals surface area contributed by atoms with Crippen molar-refractivity contribution in [3.05, 3.63) is 35.0 Å². The standard InChI is InChI=1S/C16H23N5/c1-11-8-15(19-12(2)18-11)17-9-14-10-21(3)20-16(14)13-6-4-5-7-13/h8,10,13H,4-7,9H2,1-3H3,(H,17,18,19). The van der Waals surface area contributed by atoms with Crippen LogP contribution in [-0.4, -0.2) is 19.7 Å². The average Bonchev–Trinajstić information content (AvgIpc) is 3.04. The van der Waals surface area contributed by atoms with Gasteiger partial charge < -0.3 is 5.32 Å². The zero-order chi connectivity index (χ0) is 14.8. The summed E-state index contributed by atoms with van der Waals surface area (Å²) < 4.78 is 1.93. The molecular weight excluding hydrogens is 262 g/mol. The summed E-state index contributed by atoms with van der Waals surface area (Å²) in [6, 6.07) is 1.98. The predicted molar refractivity (Wildman–Crippen MR) is 83.2 cm³/mol. The lowest BCUT2D eigenvalue weighted by atomic mass is 10.0. The Hall–Kier alpha value is -1.91. The molecule has 1 saturated carbocycles. The molecule has 5 heteroatoms. The van der Waals surface area contributed by atoms with E-state index in [2.05, 4.69) is 26.6 Å². The van der Waals surface area contributed by atoms with E-state index in [1.54, 1.807) is 0 Å². The van der Waals surface area contributed by atoms with Gasteiger partial charge in [0.25, 0.3) is 0 Å². The zero-order valence-electron chi connectivity index (χ0n) is 13.1. The molecular formula is C16H23N5. The second-order valence-electron chi connectivity index (χ2n) is 5.99. The summed E-state index contributed by atoms with van der Waals surface area (Å²) in [5.74, 6) is 2.33. The second-order valence-corrected chi connectivity index (χ2v) is 5.99. The Morgan fingerprint density at radius 1 is 1.24 bits per heavy atom. The van der Waals surface area contributed by atoms with Crippen molar-refractivity contribution in [1.29, 1.82) is 0 Å². The molecule has 0 saturated heterocycles. The highest BCUT2D eigenvalue weighted by Gasteiger charge is 2.22. The van der Waals surface area contributed by atoms with Gasteiger partial charge in [0.2, 0.25) is 0 Å². The van der Waals surface area contributed by atoms with Gasteiger partial charge in [-0.3, -0.25) is 4.68 Å². The number of anilines is 1. The minimum atomic E-state index is 0.636. The van der Waals surface area contributed by atoms with Crippen LogP contribution in [0.1, 0.15) is 54.4 Å². The maximum atomic E-state index is 4.68. The van der Waals surface area contributed by atoms with Crippen LogP contribution in [0.4, 0.5) is 5.82 Å². The third-order valence-corrected chi connectivity index (χ3v) is 4.10. The van der Waals surface area contributed by atoms with Crippen molar-refractivity contribution in [1.82, 2.24) is 19.7 Å². The van der Waals surface area contributed by atoms with E-state index in [9.17, 15) is 0 Å². The Balaban J connectivity index is 1.75. The number of hydrogen-bond donors (Lipinski definition) is 1. The Bertz CT molecular complexity index is 605. The quantitative estimate of drug-likeness (QED) is 0.938. The molecule has 2 aromatic rings. The molecule has 0 radical (unpaired) electrons. The summed E-state index contributed by atoms with van der Waals surface area (Å²) in [4.78, 5) is 8.74. The third kappa shape index (κ3) is 3.23. The molecule has 1 N–H and O–H groups in total. The van der Waals surface area contributed by atoms with Crippen molar-refractivity contribution in [2.45, 2.75) is 52.0 Å². The average molecular weight is 285 g/mol. The third-order valence-electron chi connectivity index (χ3n) is 4.10. The van der Waals surface area contributed by atoms with E-state index < -0.39 is 0 Å². The summed E-state index contributed by atoms with van der Waals surface area (Å²) in [6.07, 6.45) is 7.34. The van der Waals surface area contributed by atoms with Gasteiger partial charge in [-0.1, -0.05) is 12.8 Å². The smallest absolute Gasteiger partial charge is 0.130 e. The number of rotatable bonds is 4. The van der Waals surface area contributed by atoms with Crippen LogP contribution in [-0.2, 0) is 13.6 Å². The molecule has 0 bridgehead atoms. The molecule has 0 atom stereocenters.